The summed E-state index contributed by atoms with van der Waals surface area (Å²) in [6.07, 6.45) is 6.52. The zero-order chi connectivity index (χ0) is 13.7. The van der Waals surface area contributed by atoms with E-state index >= 15 is 0 Å². The predicted molar refractivity (Wildman–Crippen MR) is 76.6 cm³/mol. The molecule has 3 nitrogen and oxygen atoms in total. The van der Waals surface area contributed by atoms with Gasteiger partial charge in [0.25, 0.3) is 0 Å². The van der Waals surface area contributed by atoms with Crippen molar-refractivity contribution < 1.29 is 9.90 Å². The maximum Gasteiger partial charge on any atom is 0.244 e. The van der Waals surface area contributed by atoms with Gasteiger partial charge in [0.2, 0.25) is 5.91 Å². The van der Waals surface area contributed by atoms with Gasteiger partial charge >= 0.3 is 0 Å². The van der Waals surface area contributed by atoms with Crippen molar-refractivity contribution in [2.45, 2.75) is 44.8 Å². The number of hydrogen-bond acceptors (Lipinski definition) is 2. The summed E-state index contributed by atoms with van der Waals surface area (Å²) in [6, 6.07) is 8.25. The molecular weight excluding hydrogens is 238 g/mol. The minimum absolute atomic E-state index is 0.0537. The van der Waals surface area contributed by atoms with Crippen molar-refractivity contribution in [1.29, 1.82) is 0 Å². The summed E-state index contributed by atoms with van der Waals surface area (Å²) < 4.78 is 0. The molecule has 1 aliphatic rings. The maximum absolute atomic E-state index is 11.8. The van der Waals surface area contributed by atoms with Crippen LogP contribution in [0.5, 0.6) is 0 Å². The van der Waals surface area contributed by atoms with Crippen LogP contribution in [0.25, 0.3) is 6.08 Å². The summed E-state index contributed by atoms with van der Waals surface area (Å²) in [5.74, 6) is -0.0537. The second-order valence-corrected chi connectivity index (χ2v) is 5.26. The first-order valence-electron chi connectivity index (χ1n) is 6.87. The normalized spacial score (nSPS) is 23.5. The van der Waals surface area contributed by atoms with Gasteiger partial charge in [0.1, 0.15) is 0 Å². The number of rotatable bonds is 3. The third-order valence-corrected chi connectivity index (χ3v) is 3.55. The fourth-order valence-electron chi connectivity index (χ4n) is 2.32. The Hall–Kier alpha value is -1.61. The first-order chi connectivity index (χ1) is 9.13. The van der Waals surface area contributed by atoms with E-state index in [-0.39, 0.29) is 18.1 Å². The van der Waals surface area contributed by atoms with E-state index in [0.29, 0.717) is 0 Å². The number of carbonyl (C=O) groups excluding carboxylic acids is 1. The van der Waals surface area contributed by atoms with Gasteiger partial charge in [0, 0.05) is 12.1 Å². The van der Waals surface area contributed by atoms with E-state index in [0.717, 1.165) is 31.2 Å². The molecule has 0 aromatic heterocycles. The molecule has 2 N–H and O–H groups in total. The SMILES string of the molecule is Cc1ccc(C=CC(=O)NC2CCC(O)CC2)cc1. The van der Waals surface area contributed by atoms with Crippen LogP contribution in [0, 0.1) is 6.92 Å². The zero-order valence-corrected chi connectivity index (χ0v) is 11.3. The number of aliphatic hydroxyl groups is 1. The molecular formula is C16H21NO2. The van der Waals surface area contributed by atoms with E-state index in [1.807, 2.05) is 37.3 Å². The van der Waals surface area contributed by atoms with E-state index in [2.05, 4.69) is 5.32 Å². The van der Waals surface area contributed by atoms with E-state index in [4.69, 9.17) is 0 Å². The minimum atomic E-state index is -0.184. The lowest BCUT2D eigenvalue weighted by Gasteiger charge is -2.25. The molecule has 19 heavy (non-hydrogen) atoms. The molecule has 1 fully saturated rings. The van der Waals surface area contributed by atoms with Crippen molar-refractivity contribution in [2.75, 3.05) is 0 Å². The number of carbonyl (C=O) groups is 1. The van der Waals surface area contributed by atoms with Gasteiger partial charge in [-0.25, -0.2) is 0 Å². The Kier molecular flexibility index (Phi) is 4.74. The molecule has 0 saturated heterocycles. The minimum Gasteiger partial charge on any atom is -0.393 e. The Balaban J connectivity index is 1.82. The molecule has 0 atom stereocenters. The van der Waals surface area contributed by atoms with E-state index in [9.17, 15) is 9.90 Å². The van der Waals surface area contributed by atoms with Gasteiger partial charge in [-0.15, -0.1) is 0 Å². The van der Waals surface area contributed by atoms with E-state index in [1.54, 1.807) is 6.08 Å². The summed E-state index contributed by atoms with van der Waals surface area (Å²) in [4.78, 5) is 11.8. The Labute approximate surface area is 114 Å². The fourth-order valence-corrected chi connectivity index (χ4v) is 2.32. The number of amides is 1. The quantitative estimate of drug-likeness (QED) is 0.819. The second kappa shape index (κ2) is 6.53. The Morgan fingerprint density at radius 2 is 1.84 bits per heavy atom. The maximum atomic E-state index is 11.8. The molecule has 0 aliphatic heterocycles. The monoisotopic (exact) mass is 259 g/mol. The van der Waals surface area contributed by atoms with Gasteiger partial charge in [-0.1, -0.05) is 29.8 Å². The van der Waals surface area contributed by atoms with Crippen LogP contribution in [0.1, 0.15) is 36.8 Å². The van der Waals surface area contributed by atoms with Gasteiger partial charge < -0.3 is 10.4 Å². The number of hydrogen-bond donors (Lipinski definition) is 2. The van der Waals surface area contributed by atoms with Gasteiger partial charge in [-0.3, -0.25) is 4.79 Å². The van der Waals surface area contributed by atoms with Crippen LogP contribution in [0.2, 0.25) is 0 Å². The van der Waals surface area contributed by atoms with Gasteiger partial charge in [0.05, 0.1) is 6.10 Å². The molecule has 1 aliphatic carbocycles. The van der Waals surface area contributed by atoms with Crippen LogP contribution in [-0.2, 0) is 4.79 Å². The third kappa shape index (κ3) is 4.52. The molecule has 102 valence electrons. The van der Waals surface area contributed by atoms with E-state index in [1.165, 1.54) is 5.56 Å². The van der Waals surface area contributed by atoms with Crippen molar-refractivity contribution in [1.82, 2.24) is 5.32 Å². The average Bonchev–Trinajstić information content (AvgIpc) is 2.41. The Bertz CT molecular complexity index is 442. The first-order valence-corrected chi connectivity index (χ1v) is 6.87. The standard InChI is InChI=1S/C16H21NO2/c1-12-2-4-13(5-3-12)6-11-16(19)17-14-7-9-15(18)10-8-14/h2-6,11,14-15,18H,7-10H2,1H3,(H,17,19). The highest BCUT2D eigenvalue weighted by atomic mass is 16.3. The molecule has 0 radical (unpaired) electrons. The van der Waals surface area contributed by atoms with Crippen LogP contribution < -0.4 is 5.32 Å². The molecule has 0 bridgehead atoms. The molecule has 1 amide bonds. The molecule has 3 heteroatoms. The predicted octanol–water partition coefficient (Wildman–Crippen LogP) is 2.43. The average molecular weight is 259 g/mol. The smallest absolute Gasteiger partial charge is 0.244 e. The highest BCUT2D eigenvalue weighted by Gasteiger charge is 2.19. The third-order valence-electron chi connectivity index (χ3n) is 3.55. The summed E-state index contributed by atoms with van der Waals surface area (Å²) >= 11 is 0. The number of benzene rings is 1. The van der Waals surface area contributed by atoms with Crippen LogP contribution in [0.15, 0.2) is 30.3 Å². The van der Waals surface area contributed by atoms with Crippen molar-refractivity contribution in [2.24, 2.45) is 0 Å². The van der Waals surface area contributed by atoms with Crippen LogP contribution in [0.4, 0.5) is 0 Å². The van der Waals surface area contributed by atoms with Crippen LogP contribution in [0.3, 0.4) is 0 Å². The lowest BCUT2D eigenvalue weighted by Crippen LogP contribution is -2.37. The van der Waals surface area contributed by atoms with Crippen LogP contribution >= 0.6 is 0 Å². The molecule has 0 unspecified atom stereocenters. The fraction of sp³-hybridized carbons (Fsp3) is 0.438. The Morgan fingerprint density at radius 3 is 2.47 bits per heavy atom. The van der Waals surface area contributed by atoms with Crippen molar-refractivity contribution in [3.05, 3.63) is 41.5 Å². The summed E-state index contributed by atoms with van der Waals surface area (Å²) in [5.41, 5.74) is 2.24. The first kappa shape index (κ1) is 13.8. The Morgan fingerprint density at radius 1 is 1.21 bits per heavy atom. The topological polar surface area (TPSA) is 49.3 Å². The van der Waals surface area contributed by atoms with E-state index < -0.39 is 0 Å². The molecule has 1 aromatic carbocycles. The number of aliphatic hydroxyl groups excluding tert-OH is 1. The van der Waals surface area contributed by atoms with Crippen molar-refractivity contribution in [3.63, 3.8) is 0 Å². The second-order valence-electron chi connectivity index (χ2n) is 5.26. The summed E-state index contributed by atoms with van der Waals surface area (Å²) in [5, 5.41) is 12.4. The zero-order valence-electron chi connectivity index (χ0n) is 11.3. The van der Waals surface area contributed by atoms with Crippen molar-refractivity contribution in [3.8, 4) is 0 Å². The molecule has 0 spiro atoms. The lowest BCUT2D eigenvalue weighted by atomic mass is 9.93. The highest BCUT2D eigenvalue weighted by molar-refractivity contribution is 5.91. The van der Waals surface area contributed by atoms with Gasteiger partial charge in [0.15, 0.2) is 0 Å². The molecule has 1 saturated carbocycles. The number of aryl methyl sites for hydroxylation is 1. The lowest BCUT2D eigenvalue weighted by molar-refractivity contribution is -0.117. The summed E-state index contributed by atoms with van der Waals surface area (Å²) in [7, 11) is 0. The van der Waals surface area contributed by atoms with Crippen LogP contribution in [-0.4, -0.2) is 23.2 Å². The van der Waals surface area contributed by atoms with Gasteiger partial charge in [-0.05, 0) is 44.2 Å². The summed E-state index contributed by atoms with van der Waals surface area (Å²) in [6.45, 7) is 2.04. The highest BCUT2D eigenvalue weighted by Crippen LogP contribution is 2.18. The molecule has 2 rings (SSSR count). The molecule has 0 heterocycles. The van der Waals surface area contributed by atoms with Gasteiger partial charge in [-0.2, -0.15) is 0 Å². The van der Waals surface area contributed by atoms with Crippen molar-refractivity contribution >= 4 is 12.0 Å². The number of nitrogens with one attached hydrogen (secondary N) is 1. The largest absolute Gasteiger partial charge is 0.393 e. The molecule has 1 aromatic rings.